The van der Waals surface area contributed by atoms with Crippen molar-refractivity contribution in [3.05, 3.63) is 42.7 Å². The molecule has 2 heterocycles. The smallest absolute Gasteiger partial charge is 0.132 e. The fourth-order valence-electron chi connectivity index (χ4n) is 1.88. The first kappa shape index (κ1) is 10.6. The van der Waals surface area contributed by atoms with Crippen molar-refractivity contribution in [2.45, 2.75) is 0 Å². The first-order chi connectivity index (χ1) is 8.72. The van der Waals surface area contributed by atoms with E-state index in [1.165, 1.54) is 0 Å². The molecule has 0 aliphatic heterocycles. The lowest BCUT2D eigenvalue weighted by Gasteiger charge is -2.06. The summed E-state index contributed by atoms with van der Waals surface area (Å²) in [5.41, 5.74) is 8.44. The largest absolute Gasteiger partial charge is 0.399 e. The van der Waals surface area contributed by atoms with Crippen LogP contribution in [0.15, 0.2) is 42.7 Å². The average Bonchev–Trinajstić information content (AvgIpc) is 2.71. The Balaban J connectivity index is 1.97. The highest BCUT2D eigenvalue weighted by Gasteiger charge is 2.02. The summed E-state index contributed by atoms with van der Waals surface area (Å²) in [7, 11) is 1.92. The normalized spacial score (nSPS) is 10.7. The van der Waals surface area contributed by atoms with Gasteiger partial charge in [-0.2, -0.15) is 5.10 Å². The summed E-state index contributed by atoms with van der Waals surface area (Å²) < 4.78 is 1.84. The zero-order valence-electron chi connectivity index (χ0n) is 9.96. The summed E-state index contributed by atoms with van der Waals surface area (Å²) in [4.78, 5) is 4.21. The number of hydrogen-bond donors (Lipinski definition) is 2. The van der Waals surface area contributed by atoms with Gasteiger partial charge in [-0.15, -0.1) is 0 Å². The first-order valence-electron chi connectivity index (χ1n) is 5.63. The molecule has 90 valence electrons. The number of nitrogen functional groups attached to an aromatic ring is 1. The second kappa shape index (κ2) is 4.03. The van der Waals surface area contributed by atoms with Crippen molar-refractivity contribution in [1.82, 2.24) is 14.8 Å². The van der Waals surface area contributed by atoms with Gasteiger partial charge in [0.25, 0.3) is 0 Å². The van der Waals surface area contributed by atoms with Gasteiger partial charge in [-0.1, -0.05) is 0 Å². The lowest BCUT2D eigenvalue weighted by atomic mass is 10.2. The van der Waals surface area contributed by atoms with Crippen molar-refractivity contribution >= 4 is 28.1 Å². The number of nitrogens with two attached hydrogens (primary N) is 1. The Bertz CT molecular complexity index is 701. The van der Waals surface area contributed by atoms with Crippen LogP contribution in [0.1, 0.15) is 0 Å². The maximum atomic E-state index is 5.72. The van der Waals surface area contributed by atoms with E-state index >= 15 is 0 Å². The van der Waals surface area contributed by atoms with Crippen LogP contribution in [0.5, 0.6) is 0 Å². The molecule has 0 radical (unpaired) electrons. The van der Waals surface area contributed by atoms with Crippen molar-refractivity contribution < 1.29 is 0 Å². The van der Waals surface area contributed by atoms with Gasteiger partial charge in [0.15, 0.2) is 0 Å². The molecule has 0 bridgehead atoms. The number of hydrogen-bond acceptors (Lipinski definition) is 4. The van der Waals surface area contributed by atoms with Gasteiger partial charge in [-0.3, -0.25) is 4.68 Å². The number of fused-ring (bicyclic) bond motifs is 1. The lowest BCUT2D eigenvalue weighted by molar-refractivity contribution is 0.797. The molecule has 2 aromatic heterocycles. The third-order valence-electron chi connectivity index (χ3n) is 2.81. The quantitative estimate of drug-likeness (QED) is 0.720. The van der Waals surface area contributed by atoms with Gasteiger partial charge in [-0.25, -0.2) is 4.98 Å². The third-order valence-corrected chi connectivity index (χ3v) is 2.81. The summed E-state index contributed by atoms with van der Waals surface area (Å²) >= 11 is 0. The summed E-state index contributed by atoms with van der Waals surface area (Å²) in [6.07, 6.45) is 3.53. The van der Waals surface area contributed by atoms with E-state index in [0.717, 1.165) is 22.4 Å². The second-order valence-corrected chi connectivity index (χ2v) is 4.14. The van der Waals surface area contributed by atoms with Gasteiger partial charge in [-0.05, 0) is 24.3 Å². The van der Waals surface area contributed by atoms with E-state index in [-0.39, 0.29) is 0 Å². The molecule has 0 fully saturated rings. The summed E-state index contributed by atoms with van der Waals surface area (Å²) in [6, 6.07) is 9.61. The molecule has 0 amide bonds. The van der Waals surface area contributed by atoms with Crippen molar-refractivity contribution in [2.75, 3.05) is 11.1 Å². The van der Waals surface area contributed by atoms with Crippen molar-refractivity contribution in [3.8, 4) is 0 Å². The van der Waals surface area contributed by atoms with Crippen LogP contribution in [-0.4, -0.2) is 14.8 Å². The standard InChI is InChI=1S/C13H13N5/c1-18-12-7-11(3-2-9(12)8-16-18)17-13-6-10(14)4-5-15-13/h2-8H,1H3,(H3,14,15,17). The predicted octanol–water partition coefficient (Wildman–Crippen LogP) is 2.29. The number of aromatic nitrogens is 3. The minimum atomic E-state index is 0.689. The van der Waals surface area contributed by atoms with Gasteiger partial charge >= 0.3 is 0 Å². The lowest BCUT2D eigenvalue weighted by Crippen LogP contribution is -1.95. The molecule has 3 aromatic rings. The molecular formula is C13H13N5. The van der Waals surface area contributed by atoms with Crippen LogP contribution in [-0.2, 0) is 7.05 Å². The van der Waals surface area contributed by atoms with E-state index in [4.69, 9.17) is 5.73 Å². The van der Waals surface area contributed by atoms with Crippen LogP contribution in [0.2, 0.25) is 0 Å². The fourth-order valence-corrected chi connectivity index (χ4v) is 1.88. The molecule has 18 heavy (non-hydrogen) atoms. The number of pyridine rings is 1. The SMILES string of the molecule is Cn1ncc2ccc(Nc3cc(N)ccn3)cc21. The molecule has 1 aromatic carbocycles. The maximum Gasteiger partial charge on any atom is 0.132 e. The molecule has 0 aliphatic rings. The van der Waals surface area contributed by atoms with Crippen molar-refractivity contribution in [3.63, 3.8) is 0 Å². The molecule has 0 saturated carbocycles. The number of aryl methyl sites for hydroxylation is 1. The molecular weight excluding hydrogens is 226 g/mol. The predicted molar refractivity (Wildman–Crippen MR) is 72.6 cm³/mol. The Labute approximate surface area is 104 Å². The van der Waals surface area contributed by atoms with Crippen molar-refractivity contribution in [1.29, 1.82) is 0 Å². The average molecular weight is 239 g/mol. The van der Waals surface area contributed by atoms with Gasteiger partial charge < -0.3 is 11.1 Å². The van der Waals surface area contributed by atoms with Crippen LogP contribution in [0.3, 0.4) is 0 Å². The molecule has 0 spiro atoms. The summed E-state index contributed by atoms with van der Waals surface area (Å²) in [6.45, 7) is 0. The highest BCUT2D eigenvalue weighted by molar-refractivity contribution is 5.83. The van der Waals surface area contributed by atoms with E-state index in [1.807, 2.05) is 36.1 Å². The Hall–Kier alpha value is -2.56. The minimum absolute atomic E-state index is 0.689. The monoisotopic (exact) mass is 239 g/mol. The Morgan fingerprint density at radius 3 is 2.94 bits per heavy atom. The number of nitrogens with zero attached hydrogens (tertiary/aromatic N) is 3. The van der Waals surface area contributed by atoms with E-state index in [2.05, 4.69) is 15.4 Å². The molecule has 0 aliphatic carbocycles. The Morgan fingerprint density at radius 2 is 2.11 bits per heavy atom. The van der Waals surface area contributed by atoms with Crippen LogP contribution >= 0.6 is 0 Å². The van der Waals surface area contributed by atoms with Gasteiger partial charge in [0.05, 0.1) is 11.7 Å². The number of nitrogens with one attached hydrogen (secondary N) is 1. The highest BCUT2D eigenvalue weighted by Crippen LogP contribution is 2.21. The van der Waals surface area contributed by atoms with E-state index < -0.39 is 0 Å². The maximum absolute atomic E-state index is 5.72. The molecule has 5 nitrogen and oxygen atoms in total. The van der Waals surface area contributed by atoms with Crippen LogP contribution in [0.25, 0.3) is 10.9 Å². The van der Waals surface area contributed by atoms with Crippen LogP contribution in [0, 0.1) is 0 Å². The molecule has 3 rings (SSSR count). The first-order valence-corrected chi connectivity index (χ1v) is 5.63. The van der Waals surface area contributed by atoms with Gasteiger partial charge in [0, 0.05) is 36.1 Å². The number of rotatable bonds is 2. The zero-order valence-corrected chi connectivity index (χ0v) is 9.96. The van der Waals surface area contributed by atoms with E-state index in [9.17, 15) is 0 Å². The Kier molecular flexibility index (Phi) is 2.37. The highest BCUT2D eigenvalue weighted by atomic mass is 15.2. The van der Waals surface area contributed by atoms with Gasteiger partial charge in [0.1, 0.15) is 5.82 Å². The molecule has 0 atom stereocenters. The topological polar surface area (TPSA) is 68.8 Å². The van der Waals surface area contributed by atoms with Crippen LogP contribution < -0.4 is 11.1 Å². The van der Waals surface area contributed by atoms with E-state index in [1.54, 1.807) is 18.3 Å². The summed E-state index contributed by atoms with van der Waals surface area (Å²) in [5.74, 6) is 0.733. The molecule has 0 unspecified atom stereocenters. The fraction of sp³-hybridized carbons (Fsp3) is 0.0769. The molecule has 3 N–H and O–H groups in total. The van der Waals surface area contributed by atoms with E-state index in [0.29, 0.717) is 5.69 Å². The number of benzene rings is 1. The van der Waals surface area contributed by atoms with Crippen molar-refractivity contribution in [2.24, 2.45) is 7.05 Å². The van der Waals surface area contributed by atoms with Crippen LogP contribution in [0.4, 0.5) is 17.2 Å². The third kappa shape index (κ3) is 1.86. The molecule has 5 heteroatoms. The second-order valence-electron chi connectivity index (χ2n) is 4.14. The Morgan fingerprint density at radius 1 is 1.22 bits per heavy atom. The van der Waals surface area contributed by atoms with Gasteiger partial charge in [0.2, 0.25) is 0 Å². The summed E-state index contributed by atoms with van der Waals surface area (Å²) in [5, 5.41) is 8.55. The number of anilines is 3. The molecule has 0 saturated heterocycles. The zero-order chi connectivity index (χ0) is 12.5. The minimum Gasteiger partial charge on any atom is -0.399 e.